The lowest BCUT2D eigenvalue weighted by atomic mass is 9.86. The number of hydrogen-bond acceptors (Lipinski definition) is 2. The fraction of sp³-hybridized carbons (Fsp3) is 0.524. The van der Waals surface area contributed by atoms with Crippen molar-refractivity contribution in [2.24, 2.45) is 5.92 Å². The van der Waals surface area contributed by atoms with Gasteiger partial charge >= 0.3 is 0 Å². The second kappa shape index (κ2) is 6.95. The minimum Gasteiger partial charge on any atom is -0.349 e. The zero-order chi connectivity index (χ0) is 17.4. The predicted molar refractivity (Wildman–Crippen MR) is 102 cm³/mol. The number of amides is 1. The number of carbonyl (C=O) groups excluding carboxylic acids is 1. The Morgan fingerprint density at radius 3 is 2.80 bits per heavy atom. The molecule has 1 aromatic carbocycles. The molecule has 3 nitrogen and oxygen atoms in total. The Morgan fingerprint density at radius 2 is 1.96 bits per heavy atom. The van der Waals surface area contributed by atoms with Crippen molar-refractivity contribution >= 4 is 28.4 Å². The van der Waals surface area contributed by atoms with E-state index in [1.807, 2.05) is 18.2 Å². The van der Waals surface area contributed by atoms with E-state index in [-0.39, 0.29) is 11.9 Å². The molecule has 2 atom stereocenters. The zero-order valence-electron chi connectivity index (χ0n) is 14.8. The van der Waals surface area contributed by atoms with Crippen LogP contribution in [0.2, 0.25) is 5.02 Å². The Hall–Kier alpha value is -1.61. The van der Waals surface area contributed by atoms with Gasteiger partial charge in [-0.1, -0.05) is 37.4 Å². The Morgan fingerprint density at radius 1 is 1.16 bits per heavy atom. The molecular weight excluding hydrogens is 332 g/mol. The summed E-state index contributed by atoms with van der Waals surface area (Å²) in [7, 11) is 0. The lowest BCUT2D eigenvalue weighted by molar-refractivity contribution is 0.0910. The molecule has 0 saturated heterocycles. The van der Waals surface area contributed by atoms with E-state index < -0.39 is 0 Å². The summed E-state index contributed by atoms with van der Waals surface area (Å²) < 4.78 is 0. The number of aromatic nitrogens is 1. The first kappa shape index (κ1) is 16.8. The maximum Gasteiger partial charge on any atom is 0.251 e. The third-order valence-electron chi connectivity index (χ3n) is 5.88. The van der Waals surface area contributed by atoms with Crippen LogP contribution < -0.4 is 5.32 Å². The molecular formula is C21H25ClN2O. The summed E-state index contributed by atoms with van der Waals surface area (Å²) in [6.07, 6.45) is 9.11. The molecule has 1 amide bonds. The maximum atomic E-state index is 12.7. The van der Waals surface area contributed by atoms with Gasteiger partial charge in [-0.25, -0.2) is 0 Å². The molecule has 0 unspecified atom stereocenters. The van der Waals surface area contributed by atoms with E-state index in [4.69, 9.17) is 16.6 Å². The number of fused-ring (bicyclic) bond motifs is 2. The number of benzene rings is 1. The van der Waals surface area contributed by atoms with Crippen molar-refractivity contribution in [2.75, 3.05) is 0 Å². The number of aryl methyl sites for hydroxylation is 1. The number of halogens is 1. The molecule has 1 fully saturated rings. The van der Waals surface area contributed by atoms with Crippen molar-refractivity contribution in [3.63, 3.8) is 0 Å². The van der Waals surface area contributed by atoms with E-state index in [1.165, 1.54) is 37.7 Å². The van der Waals surface area contributed by atoms with Gasteiger partial charge in [0.15, 0.2) is 0 Å². The van der Waals surface area contributed by atoms with Gasteiger partial charge in [-0.2, -0.15) is 0 Å². The monoisotopic (exact) mass is 356 g/mol. The molecule has 0 bridgehead atoms. The van der Waals surface area contributed by atoms with Crippen LogP contribution in [0.5, 0.6) is 0 Å². The van der Waals surface area contributed by atoms with Gasteiger partial charge in [-0.3, -0.25) is 9.78 Å². The van der Waals surface area contributed by atoms with Gasteiger partial charge in [0.1, 0.15) is 0 Å². The molecule has 2 aliphatic carbocycles. The summed E-state index contributed by atoms with van der Waals surface area (Å²) in [4.78, 5) is 17.5. The molecule has 1 saturated carbocycles. The molecule has 0 spiro atoms. The minimum absolute atomic E-state index is 0.0105. The molecule has 132 valence electrons. The molecule has 4 rings (SSSR count). The Labute approximate surface area is 154 Å². The van der Waals surface area contributed by atoms with Crippen molar-refractivity contribution in [1.29, 1.82) is 0 Å². The molecule has 0 radical (unpaired) electrons. The molecule has 4 heteroatoms. The number of nitrogens with zero attached hydrogens (tertiary/aromatic N) is 1. The lowest BCUT2D eigenvalue weighted by Gasteiger charge is -2.29. The van der Waals surface area contributed by atoms with Crippen molar-refractivity contribution in [3.05, 3.63) is 40.0 Å². The summed E-state index contributed by atoms with van der Waals surface area (Å²) >= 11 is 6.63. The van der Waals surface area contributed by atoms with Crippen LogP contribution in [0.15, 0.2) is 18.2 Å². The van der Waals surface area contributed by atoms with E-state index in [1.54, 1.807) is 0 Å². The second-order valence-corrected chi connectivity index (χ2v) is 8.01. The molecule has 1 heterocycles. The molecule has 0 aliphatic heterocycles. The SMILES string of the molecule is C[C@@H]1CCCC[C@H]1NC(=O)c1ccc2c(Cl)c3c(nc2c1)CCCC3. The number of pyridine rings is 1. The third-order valence-corrected chi connectivity index (χ3v) is 6.32. The van der Waals surface area contributed by atoms with Crippen LogP contribution in [0.25, 0.3) is 10.9 Å². The Balaban J connectivity index is 1.63. The van der Waals surface area contributed by atoms with E-state index in [0.29, 0.717) is 11.5 Å². The minimum atomic E-state index is 0.0105. The van der Waals surface area contributed by atoms with Crippen molar-refractivity contribution in [3.8, 4) is 0 Å². The number of rotatable bonds is 2. The fourth-order valence-corrected chi connectivity index (χ4v) is 4.65. The maximum absolute atomic E-state index is 12.7. The van der Waals surface area contributed by atoms with Crippen LogP contribution in [0.3, 0.4) is 0 Å². The van der Waals surface area contributed by atoms with E-state index >= 15 is 0 Å². The lowest BCUT2D eigenvalue weighted by Crippen LogP contribution is -2.41. The van der Waals surface area contributed by atoms with Crippen molar-refractivity contribution in [2.45, 2.75) is 64.3 Å². The first-order valence-corrected chi connectivity index (χ1v) is 9.93. The van der Waals surface area contributed by atoms with Crippen molar-refractivity contribution in [1.82, 2.24) is 10.3 Å². The van der Waals surface area contributed by atoms with E-state index in [0.717, 1.165) is 40.9 Å². The Bertz CT molecular complexity index is 817. The van der Waals surface area contributed by atoms with E-state index in [9.17, 15) is 4.79 Å². The molecule has 1 aromatic heterocycles. The zero-order valence-corrected chi connectivity index (χ0v) is 15.5. The molecule has 2 aliphatic rings. The van der Waals surface area contributed by atoms with Crippen LogP contribution in [-0.2, 0) is 12.8 Å². The van der Waals surface area contributed by atoms with Gasteiger partial charge in [0.25, 0.3) is 5.91 Å². The second-order valence-electron chi connectivity index (χ2n) is 7.63. The first-order chi connectivity index (χ1) is 12.1. The summed E-state index contributed by atoms with van der Waals surface area (Å²) in [5.74, 6) is 0.564. The molecule has 25 heavy (non-hydrogen) atoms. The van der Waals surface area contributed by atoms with Gasteiger partial charge in [0.2, 0.25) is 0 Å². The summed E-state index contributed by atoms with van der Waals surface area (Å²) in [5, 5.41) is 5.02. The molecule has 1 N–H and O–H groups in total. The topological polar surface area (TPSA) is 42.0 Å². The van der Waals surface area contributed by atoms with Crippen LogP contribution in [0.4, 0.5) is 0 Å². The normalized spacial score (nSPS) is 23.3. The van der Waals surface area contributed by atoms with Crippen LogP contribution >= 0.6 is 11.6 Å². The standard InChI is InChI=1S/C21H25ClN2O/c1-13-6-2-4-8-17(13)24-21(25)14-10-11-16-19(12-14)23-18-9-5-3-7-15(18)20(16)22/h10-13,17H,2-9H2,1H3,(H,24,25)/t13-,17-/m1/s1. The highest BCUT2D eigenvalue weighted by molar-refractivity contribution is 6.36. The number of hydrogen-bond donors (Lipinski definition) is 1. The highest BCUT2D eigenvalue weighted by atomic mass is 35.5. The van der Waals surface area contributed by atoms with Crippen LogP contribution in [0, 0.1) is 5.92 Å². The highest BCUT2D eigenvalue weighted by Crippen LogP contribution is 2.33. The van der Waals surface area contributed by atoms with Gasteiger partial charge in [0, 0.05) is 22.7 Å². The van der Waals surface area contributed by atoms with Gasteiger partial charge < -0.3 is 5.32 Å². The number of carbonyl (C=O) groups is 1. The van der Waals surface area contributed by atoms with E-state index in [2.05, 4.69) is 12.2 Å². The van der Waals surface area contributed by atoms with Crippen LogP contribution in [0.1, 0.15) is 67.1 Å². The van der Waals surface area contributed by atoms with Gasteiger partial charge in [-0.15, -0.1) is 0 Å². The average molecular weight is 357 g/mol. The highest BCUT2D eigenvalue weighted by Gasteiger charge is 2.24. The third kappa shape index (κ3) is 3.27. The molecule has 2 aromatic rings. The average Bonchev–Trinajstić information content (AvgIpc) is 2.63. The quantitative estimate of drug-likeness (QED) is 0.815. The first-order valence-electron chi connectivity index (χ1n) is 9.55. The van der Waals surface area contributed by atoms with Crippen molar-refractivity contribution < 1.29 is 4.79 Å². The number of nitrogens with one attached hydrogen (secondary N) is 1. The van der Waals surface area contributed by atoms with Gasteiger partial charge in [0.05, 0.1) is 10.5 Å². The summed E-state index contributed by atoms with van der Waals surface area (Å²) in [6, 6.07) is 6.03. The Kier molecular flexibility index (Phi) is 4.68. The summed E-state index contributed by atoms with van der Waals surface area (Å²) in [6.45, 7) is 2.23. The van der Waals surface area contributed by atoms with Gasteiger partial charge in [-0.05, 0) is 62.1 Å². The fourth-order valence-electron chi connectivity index (χ4n) is 4.29. The largest absolute Gasteiger partial charge is 0.349 e. The van der Waals surface area contributed by atoms with Crippen LogP contribution in [-0.4, -0.2) is 16.9 Å². The predicted octanol–water partition coefficient (Wildman–Crippen LogP) is 5.08. The smallest absolute Gasteiger partial charge is 0.251 e. The summed E-state index contributed by atoms with van der Waals surface area (Å²) in [5.41, 5.74) is 3.84.